The lowest BCUT2D eigenvalue weighted by molar-refractivity contribution is -0.157. The summed E-state index contributed by atoms with van der Waals surface area (Å²) in [5.74, 6) is 1.12. The van der Waals surface area contributed by atoms with E-state index in [1.807, 2.05) is 6.92 Å². The number of esters is 1. The van der Waals surface area contributed by atoms with Crippen LogP contribution in [0.2, 0.25) is 0 Å². The second kappa shape index (κ2) is 2.61. The van der Waals surface area contributed by atoms with Crippen molar-refractivity contribution in [2.24, 2.45) is 17.8 Å². The van der Waals surface area contributed by atoms with Crippen LogP contribution in [0.5, 0.6) is 0 Å². The summed E-state index contributed by atoms with van der Waals surface area (Å²) in [5, 5.41) is 0. The number of allylic oxidation sites excluding steroid dienone is 1. The van der Waals surface area contributed by atoms with Crippen molar-refractivity contribution in [3.8, 4) is 0 Å². The molecule has 2 aliphatic rings. The average Bonchev–Trinajstić information content (AvgIpc) is 2.42. The fraction of sp³-hybridized carbons (Fsp3) is 0.700. The molecule has 0 aromatic carbocycles. The van der Waals surface area contributed by atoms with Gasteiger partial charge in [-0.3, -0.25) is 4.79 Å². The highest BCUT2D eigenvalue weighted by Crippen LogP contribution is 2.40. The molecule has 2 heteroatoms. The summed E-state index contributed by atoms with van der Waals surface area (Å²) in [6.07, 6.45) is 3.24. The van der Waals surface area contributed by atoms with Gasteiger partial charge >= 0.3 is 5.97 Å². The molecule has 3 unspecified atom stereocenters. The van der Waals surface area contributed by atoms with E-state index in [2.05, 4.69) is 13.0 Å². The molecule has 2 nitrogen and oxygen atoms in total. The van der Waals surface area contributed by atoms with E-state index in [0.717, 1.165) is 6.42 Å². The number of cyclic esters (lactones) is 1. The molecule has 0 amide bonds. The highest BCUT2D eigenvalue weighted by atomic mass is 16.5. The van der Waals surface area contributed by atoms with E-state index in [1.165, 1.54) is 5.57 Å². The molecule has 1 saturated heterocycles. The summed E-state index contributed by atoms with van der Waals surface area (Å²) in [6, 6.07) is 0. The molecular weight excluding hydrogens is 152 g/mol. The summed E-state index contributed by atoms with van der Waals surface area (Å²) in [5.41, 5.74) is 1.21. The number of hydrogen-bond donors (Lipinski definition) is 0. The Labute approximate surface area is 72.6 Å². The van der Waals surface area contributed by atoms with Gasteiger partial charge in [-0.05, 0) is 25.2 Å². The van der Waals surface area contributed by atoms with Crippen LogP contribution in [0.1, 0.15) is 20.3 Å². The minimum atomic E-state index is -0.00986. The smallest absolute Gasteiger partial charge is 0.313 e. The fourth-order valence-electron chi connectivity index (χ4n) is 2.27. The molecule has 1 aliphatic carbocycles. The van der Waals surface area contributed by atoms with Crippen molar-refractivity contribution in [2.45, 2.75) is 20.3 Å². The Morgan fingerprint density at radius 2 is 2.33 bits per heavy atom. The van der Waals surface area contributed by atoms with E-state index < -0.39 is 0 Å². The number of rotatable bonds is 0. The Hall–Kier alpha value is -0.790. The summed E-state index contributed by atoms with van der Waals surface area (Å²) < 4.78 is 5.09. The molecule has 1 heterocycles. The summed E-state index contributed by atoms with van der Waals surface area (Å²) in [4.78, 5) is 11.4. The molecule has 0 N–H and O–H groups in total. The van der Waals surface area contributed by atoms with Crippen molar-refractivity contribution in [1.29, 1.82) is 0 Å². The molecule has 0 aromatic rings. The predicted molar refractivity (Wildman–Crippen MR) is 45.5 cm³/mol. The van der Waals surface area contributed by atoms with Crippen LogP contribution in [0, 0.1) is 17.8 Å². The number of carbonyl (C=O) groups is 1. The summed E-state index contributed by atoms with van der Waals surface area (Å²) in [6.45, 7) is 4.81. The van der Waals surface area contributed by atoms with E-state index in [1.54, 1.807) is 0 Å². The molecule has 1 aliphatic heterocycles. The van der Waals surface area contributed by atoms with Gasteiger partial charge in [0.15, 0.2) is 0 Å². The minimum Gasteiger partial charge on any atom is -0.465 e. The van der Waals surface area contributed by atoms with Gasteiger partial charge in [0.25, 0.3) is 0 Å². The molecule has 12 heavy (non-hydrogen) atoms. The second-order valence-corrected chi connectivity index (χ2v) is 3.93. The van der Waals surface area contributed by atoms with Gasteiger partial charge in [-0.2, -0.15) is 0 Å². The quantitative estimate of drug-likeness (QED) is 0.405. The second-order valence-electron chi connectivity index (χ2n) is 3.93. The maximum atomic E-state index is 11.4. The molecule has 1 fully saturated rings. The first kappa shape index (κ1) is 7.84. The third kappa shape index (κ3) is 0.977. The molecule has 2 rings (SSSR count). The zero-order chi connectivity index (χ0) is 8.72. The Bertz CT molecular complexity index is 242. The van der Waals surface area contributed by atoms with E-state index in [9.17, 15) is 4.79 Å². The molecule has 0 saturated carbocycles. The standard InChI is InChI=1S/C10H14O2/c1-6-3-4-8-7(2)5-12-10(11)9(6)8/h3,7-9H,4-5H2,1-2H3. The molecule has 3 atom stereocenters. The van der Waals surface area contributed by atoms with Gasteiger partial charge in [0.05, 0.1) is 12.5 Å². The van der Waals surface area contributed by atoms with Crippen molar-refractivity contribution in [1.82, 2.24) is 0 Å². The van der Waals surface area contributed by atoms with Crippen LogP contribution in [0.15, 0.2) is 11.6 Å². The van der Waals surface area contributed by atoms with Crippen molar-refractivity contribution < 1.29 is 9.53 Å². The van der Waals surface area contributed by atoms with Gasteiger partial charge in [0.2, 0.25) is 0 Å². The van der Waals surface area contributed by atoms with Gasteiger partial charge in [-0.25, -0.2) is 0 Å². The molecule has 0 aromatic heterocycles. The average molecular weight is 166 g/mol. The first-order valence-corrected chi connectivity index (χ1v) is 4.53. The molecule has 66 valence electrons. The lowest BCUT2D eigenvalue weighted by Gasteiger charge is -2.31. The fourth-order valence-corrected chi connectivity index (χ4v) is 2.27. The van der Waals surface area contributed by atoms with Crippen molar-refractivity contribution in [2.75, 3.05) is 6.61 Å². The molecular formula is C10H14O2. The van der Waals surface area contributed by atoms with Crippen LogP contribution in [0.4, 0.5) is 0 Å². The number of ether oxygens (including phenoxy) is 1. The van der Waals surface area contributed by atoms with E-state index in [-0.39, 0.29) is 11.9 Å². The van der Waals surface area contributed by atoms with Crippen LogP contribution in [-0.4, -0.2) is 12.6 Å². The Balaban J connectivity index is 2.24. The maximum Gasteiger partial charge on any atom is 0.313 e. The van der Waals surface area contributed by atoms with Crippen LogP contribution >= 0.6 is 0 Å². The summed E-state index contributed by atoms with van der Waals surface area (Å²) >= 11 is 0. The zero-order valence-electron chi connectivity index (χ0n) is 7.54. The van der Waals surface area contributed by atoms with Gasteiger partial charge in [-0.15, -0.1) is 0 Å². The van der Waals surface area contributed by atoms with Gasteiger partial charge in [0, 0.05) is 0 Å². The topological polar surface area (TPSA) is 26.3 Å². The van der Waals surface area contributed by atoms with Gasteiger partial charge in [0.1, 0.15) is 0 Å². The Kier molecular flexibility index (Phi) is 1.71. The lowest BCUT2D eigenvalue weighted by Crippen LogP contribution is -2.36. The largest absolute Gasteiger partial charge is 0.465 e. The SMILES string of the molecule is CC1=CCC2C(C)COC(=O)C12. The number of fused-ring (bicyclic) bond motifs is 1. The van der Waals surface area contributed by atoms with Crippen LogP contribution in [-0.2, 0) is 9.53 Å². The van der Waals surface area contributed by atoms with Gasteiger partial charge in [-0.1, -0.05) is 18.6 Å². The minimum absolute atomic E-state index is 0.00986. The first-order valence-electron chi connectivity index (χ1n) is 4.53. The third-order valence-corrected chi connectivity index (χ3v) is 3.10. The normalized spacial score (nSPS) is 40.3. The molecule has 0 spiro atoms. The van der Waals surface area contributed by atoms with Crippen molar-refractivity contribution in [3.63, 3.8) is 0 Å². The van der Waals surface area contributed by atoms with Gasteiger partial charge < -0.3 is 4.74 Å². The summed E-state index contributed by atoms with van der Waals surface area (Å²) in [7, 11) is 0. The van der Waals surface area contributed by atoms with Crippen molar-refractivity contribution in [3.05, 3.63) is 11.6 Å². The zero-order valence-corrected chi connectivity index (χ0v) is 7.54. The Morgan fingerprint density at radius 3 is 3.00 bits per heavy atom. The lowest BCUT2D eigenvalue weighted by atomic mass is 9.81. The number of hydrogen-bond acceptors (Lipinski definition) is 2. The van der Waals surface area contributed by atoms with Crippen molar-refractivity contribution >= 4 is 5.97 Å². The predicted octanol–water partition coefficient (Wildman–Crippen LogP) is 1.76. The maximum absolute atomic E-state index is 11.4. The van der Waals surface area contributed by atoms with E-state index >= 15 is 0 Å². The van der Waals surface area contributed by atoms with Crippen LogP contribution < -0.4 is 0 Å². The van der Waals surface area contributed by atoms with E-state index in [4.69, 9.17) is 4.74 Å². The highest BCUT2D eigenvalue weighted by Gasteiger charge is 2.41. The first-order chi connectivity index (χ1) is 5.70. The third-order valence-electron chi connectivity index (χ3n) is 3.10. The monoisotopic (exact) mass is 166 g/mol. The molecule has 0 radical (unpaired) electrons. The van der Waals surface area contributed by atoms with E-state index in [0.29, 0.717) is 18.4 Å². The van der Waals surface area contributed by atoms with Crippen LogP contribution in [0.25, 0.3) is 0 Å². The van der Waals surface area contributed by atoms with Crippen LogP contribution in [0.3, 0.4) is 0 Å². The Morgan fingerprint density at radius 1 is 1.58 bits per heavy atom. The number of carbonyl (C=O) groups excluding carboxylic acids is 1. The highest BCUT2D eigenvalue weighted by molar-refractivity contribution is 5.77. The molecule has 0 bridgehead atoms.